The highest BCUT2D eigenvalue weighted by Crippen LogP contribution is 2.26. The van der Waals surface area contributed by atoms with Gasteiger partial charge in [-0.2, -0.15) is 0 Å². The summed E-state index contributed by atoms with van der Waals surface area (Å²) in [4.78, 5) is 17.4. The number of nitrogens with zero attached hydrogens (tertiary/aromatic N) is 3. The zero-order chi connectivity index (χ0) is 22.7. The van der Waals surface area contributed by atoms with Crippen LogP contribution in [0.25, 0.3) is 0 Å². The van der Waals surface area contributed by atoms with Crippen LogP contribution in [0.15, 0.2) is 47.0 Å². The second kappa shape index (κ2) is 9.94. The minimum absolute atomic E-state index is 0.0280. The molecule has 3 aromatic rings. The minimum atomic E-state index is -0.0280. The van der Waals surface area contributed by atoms with E-state index in [4.69, 9.17) is 32.5 Å². The zero-order valence-corrected chi connectivity index (χ0v) is 19.6. The van der Waals surface area contributed by atoms with Crippen molar-refractivity contribution >= 4 is 29.1 Å². The molecule has 0 spiro atoms. The normalized spacial score (nSPS) is 14.6. The van der Waals surface area contributed by atoms with Crippen molar-refractivity contribution in [1.29, 1.82) is 0 Å². The van der Waals surface area contributed by atoms with Crippen molar-refractivity contribution in [3.05, 3.63) is 80.7 Å². The van der Waals surface area contributed by atoms with E-state index in [0.717, 1.165) is 42.2 Å². The molecule has 0 bridgehead atoms. The molecule has 6 nitrogen and oxygen atoms in total. The van der Waals surface area contributed by atoms with Gasteiger partial charge in [0.05, 0.1) is 11.3 Å². The molecular formula is C24H25Cl2N3O3. The van der Waals surface area contributed by atoms with Crippen molar-refractivity contribution in [3.8, 4) is 5.75 Å². The van der Waals surface area contributed by atoms with Gasteiger partial charge in [0, 0.05) is 53.9 Å². The van der Waals surface area contributed by atoms with Gasteiger partial charge in [0.1, 0.15) is 18.1 Å². The predicted molar refractivity (Wildman–Crippen MR) is 124 cm³/mol. The summed E-state index contributed by atoms with van der Waals surface area (Å²) in [6.45, 7) is 7.82. The molecule has 32 heavy (non-hydrogen) atoms. The highest BCUT2D eigenvalue weighted by Gasteiger charge is 2.25. The maximum Gasteiger partial charge on any atom is 0.257 e. The first kappa shape index (κ1) is 22.6. The Kier molecular flexibility index (Phi) is 7.04. The van der Waals surface area contributed by atoms with E-state index in [-0.39, 0.29) is 12.5 Å². The number of amides is 1. The fraction of sp³-hybridized carbons (Fsp3) is 0.333. The van der Waals surface area contributed by atoms with Crippen molar-refractivity contribution < 1.29 is 14.1 Å². The maximum atomic E-state index is 13.2. The van der Waals surface area contributed by atoms with Gasteiger partial charge in [-0.05, 0) is 38.1 Å². The topological polar surface area (TPSA) is 58.8 Å². The van der Waals surface area contributed by atoms with Gasteiger partial charge in [-0.1, -0.05) is 46.6 Å². The van der Waals surface area contributed by atoms with E-state index in [1.54, 1.807) is 18.2 Å². The number of halogens is 2. The molecule has 1 saturated heterocycles. The highest BCUT2D eigenvalue weighted by atomic mass is 35.5. The van der Waals surface area contributed by atoms with Crippen molar-refractivity contribution in [2.75, 3.05) is 26.2 Å². The van der Waals surface area contributed by atoms with Gasteiger partial charge in [0.2, 0.25) is 0 Å². The Morgan fingerprint density at radius 1 is 1.09 bits per heavy atom. The number of piperazine rings is 1. The molecule has 4 rings (SSSR count). The van der Waals surface area contributed by atoms with Gasteiger partial charge >= 0.3 is 0 Å². The summed E-state index contributed by atoms with van der Waals surface area (Å²) in [6, 6.07) is 12.6. The van der Waals surface area contributed by atoms with Crippen molar-refractivity contribution in [1.82, 2.24) is 15.0 Å². The number of rotatable bonds is 6. The van der Waals surface area contributed by atoms with E-state index in [1.165, 1.54) is 0 Å². The van der Waals surface area contributed by atoms with E-state index >= 15 is 0 Å². The molecule has 2 heterocycles. The fourth-order valence-corrected chi connectivity index (χ4v) is 4.26. The number of carbonyl (C=O) groups excluding carboxylic acids is 1. The molecule has 1 aliphatic rings. The monoisotopic (exact) mass is 473 g/mol. The highest BCUT2D eigenvalue weighted by molar-refractivity contribution is 6.35. The lowest BCUT2D eigenvalue weighted by Crippen LogP contribution is -2.48. The lowest BCUT2D eigenvalue weighted by molar-refractivity contribution is 0.0623. The average Bonchev–Trinajstić information content (AvgIpc) is 3.11. The molecule has 0 aliphatic carbocycles. The molecular weight excluding hydrogens is 449 g/mol. The van der Waals surface area contributed by atoms with Crippen LogP contribution < -0.4 is 4.74 Å². The van der Waals surface area contributed by atoms with Crippen molar-refractivity contribution in [3.63, 3.8) is 0 Å². The first-order valence-electron chi connectivity index (χ1n) is 10.5. The molecule has 2 aromatic carbocycles. The first-order chi connectivity index (χ1) is 15.4. The summed E-state index contributed by atoms with van der Waals surface area (Å²) in [7, 11) is 0. The lowest BCUT2D eigenvalue weighted by atomic mass is 10.1. The summed E-state index contributed by atoms with van der Waals surface area (Å²) < 4.78 is 11.2. The Balaban J connectivity index is 1.39. The number of ether oxygens (including phenoxy) is 1. The van der Waals surface area contributed by atoms with E-state index in [2.05, 4.69) is 10.1 Å². The Morgan fingerprint density at radius 3 is 2.53 bits per heavy atom. The van der Waals surface area contributed by atoms with E-state index in [1.807, 2.05) is 43.0 Å². The Labute approximate surface area is 197 Å². The Morgan fingerprint density at radius 2 is 1.84 bits per heavy atom. The van der Waals surface area contributed by atoms with Gasteiger partial charge in [0.25, 0.3) is 5.91 Å². The Hall–Kier alpha value is -2.54. The molecule has 0 atom stereocenters. The molecule has 168 valence electrons. The number of carbonyl (C=O) groups is 1. The quantitative estimate of drug-likeness (QED) is 0.496. The molecule has 1 fully saturated rings. The molecule has 0 saturated carbocycles. The minimum Gasteiger partial charge on any atom is -0.488 e. The number of hydrogen-bond donors (Lipinski definition) is 0. The van der Waals surface area contributed by atoms with Gasteiger partial charge < -0.3 is 14.2 Å². The molecule has 1 aromatic heterocycles. The summed E-state index contributed by atoms with van der Waals surface area (Å²) in [6.07, 6.45) is 0. The van der Waals surface area contributed by atoms with Gasteiger partial charge in [-0.25, -0.2) is 0 Å². The zero-order valence-electron chi connectivity index (χ0n) is 18.1. The van der Waals surface area contributed by atoms with Crippen LogP contribution in [0.2, 0.25) is 10.0 Å². The Bertz CT molecular complexity index is 1090. The van der Waals surface area contributed by atoms with Crippen LogP contribution in [0.5, 0.6) is 5.75 Å². The predicted octanol–water partition coefficient (Wildman–Crippen LogP) is 5.14. The summed E-state index contributed by atoms with van der Waals surface area (Å²) in [5.41, 5.74) is 3.42. The third-order valence-electron chi connectivity index (χ3n) is 5.74. The lowest BCUT2D eigenvalue weighted by Gasteiger charge is -2.35. The fourth-order valence-electron chi connectivity index (χ4n) is 3.79. The molecule has 1 aliphatic heterocycles. The molecule has 0 radical (unpaired) electrons. The third kappa shape index (κ3) is 5.09. The number of para-hydroxylation sites is 1. The third-order valence-corrected chi connectivity index (χ3v) is 6.33. The SMILES string of the molecule is Cc1noc(C)c1CN1CCN(C(=O)c2ccccc2OCc2ccc(Cl)cc2Cl)CC1. The van der Waals surface area contributed by atoms with Crippen LogP contribution in [-0.2, 0) is 13.2 Å². The van der Waals surface area contributed by atoms with E-state index in [9.17, 15) is 4.79 Å². The van der Waals surface area contributed by atoms with Crippen LogP contribution in [0.1, 0.15) is 32.9 Å². The molecule has 0 N–H and O–H groups in total. The largest absolute Gasteiger partial charge is 0.488 e. The van der Waals surface area contributed by atoms with E-state index in [0.29, 0.717) is 34.4 Å². The second-order valence-corrected chi connectivity index (χ2v) is 8.74. The number of aryl methyl sites for hydroxylation is 2. The number of hydrogen-bond acceptors (Lipinski definition) is 5. The van der Waals surface area contributed by atoms with Gasteiger partial charge in [-0.15, -0.1) is 0 Å². The van der Waals surface area contributed by atoms with Crippen LogP contribution >= 0.6 is 23.2 Å². The second-order valence-electron chi connectivity index (χ2n) is 7.89. The molecule has 1 amide bonds. The van der Waals surface area contributed by atoms with Gasteiger partial charge in [0.15, 0.2) is 0 Å². The van der Waals surface area contributed by atoms with Crippen molar-refractivity contribution in [2.45, 2.75) is 27.0 Å². The van der Waals surface area contributed by atoms with Gasteiger partial charge in [-0.3, -0.25) is 9.69 Å². The standard InChI is InChI=1S/C24H25Cl2N3O3/c1-16-21(17(2)32-27-16)14-28-9-11-29(12-10-28)24(30)20-5-3-4-6-23(20)31-15-18-7-8-19(25)13-22(18)26/h3-8,13H,9-12,14-15H2,1-2H3. The van der Waals surface area contributed by atoms with E-state index < -0.39 is 0 Å². The summed E-state index contributed by atoms with van der Waals surface area (Å²) >= 11 is 12.2. The number of benzene rings is 2. The van der Waals surface area contributed by atoms with Crippen LogP contribution in [0.4, 0.5) is 0 Å². The summed E-state index contributed by atoms with van der Waals surface area (Å²) in [5, 5.41) is 5.14. The number of aromatic nitrogens is 1. The van der Waals surface area contributed by atoms with Crippen LogP contribution in [0, 0.1) is 13.8 Å². The van der Waals surface area contributed by atoms with Crippen molar-refractivity contribution in [2.24, 2.45) is 0 Å². The molecule has 0 unspecified atom stereocenters. The molecule has 8 heteroatoms. The average molecular weight is 474 g/mol. The van der Waals surface area contributed by atoms with Crippen LogP contribution in [-0.4, -0.2) is 47.0 Å². The summed E-state index contributed by atoms with van der Waals surface area (Å²) in [5.74, 6) is 1.37. The maximum absolute atomic E-state index is 13.2. The first-order valence-corrected chi connectivity index (χ1v) is 11.3. The van der Waals surface area contributed by atoms with Crippen LogP contribution in [0.3, 0.4) is 0 Å². The smallest absolute Gasteiger partial charge is 0.257 e.